The number of ether oxygens (including phenoxy) is 1. The summed E-state index contributed by atoms with van der Waals surface area (Å²) in [7, 11) is 0. The van der Waals surface area contributed by atoms with Crippen LogP contribution in [0.3, 0.4) is 0 Å². The number of piperidine rings is 1. The Balaban J connectivity index is 1.52. The summed E-state index contributed by atoms with van der Waals surface area (Å²) >= 11 is 0. The molecule has 2 saturated heterocycles. The van der Waals surface area contributed by atoms with Crippen LogP contribution in [0.2, 0.25) is 0 Å². The van der Waals surface area contributed by atoms with E-state index in [4.69, 9.17) is 4.74 Å². The number of rotatable bonds is 6. The molecule has 4 rings (SSSR count). The van der Waals surface area contributed by atoms with Crippen LogP contribution in [0.1, 0.15) is 36.8 Å². The first-order chi connectivity index (χ1) is 15.4. The van der Waals surface area contributed by atoms with Crippen molar-refractivity contribution in [1.29, 1.82) is 0 Å². The molecule has 1 amide bonds. The van der Waals surface area contributed by atoms with Crippen LogP contribution in [0, 0.1) is 5.92 Å². The average molecular weight is 448 g/mol. The van der Waals surface area contributed by atoms with Gasteiger partial charge in [0.1, 0.15) is 5.82 Å². The first-order valence-electron chi connectivity index (χ1n) is 11.1. The molecule has 2 fully saturated rings. The summed E-state index contributed by atoms with van der Waals surface area (Å²) < 4.78 is 46.3. The van der Waals surface area contributed by atoms with E-state index in [2.05, 4.69) is 4.98 Å². The first kappa shape index (κ1) is 22.6. The second kappa shape index (κ2) is 9.90. The van der Waals surface area contributed by atoms with Gasteiger partial charge in [-0.2, -0.15) is 13.2 Å². The molecular weight excluding hydrogens is 419 g/mol. The van der Waals surface area contributed by atoms with Crippen LogP contribution in [0.5, 0.6) is 0 Å². The lowest BCUT2D eigenvalue weighted by Gasteiger charge is -2.37. The third kappa shape index (κ3) is 5.41. The molecule has 0 radical (unpaired) electrons. The largest absolute Gasteiger partial charge is 0.419 e. The standard InChI is InChI=1S/C24H28F3N3O2/c25-24(26,27)21-11-4-12-28-22(21)29-13-5-9-19(16-29)23(31)30(17-20-10-6-14-32-20)15-18-7-2-1-3-8-18/h1-4,7-8,11-12,19-20H,5-6,9-10,13-17H2. The van der Waals surface area contributed by atoms with E-state index in [9.17, 15) is 18.0 Å². The van der Waals surface area contributed by atoms with E-state index < -0.39 is 11.7 Å². The van der Waals surface area contributed by atoms with Crippen molar-refractivity contribution in [3.05, 3.63) is 59.8 Å². The van der Waals surface area contributed by atoms with Crippen molar-refractivity contribution in [3.8, 4) is 0 Å². The number of amides is 1. The normalized spacial score (nSPS) is 21.5. The minimum atomic E-state index is -4.49. The summed E-state index contributed by atoms with van der Waals surface area (Å²) in [6.45, 7) is 2.36. The van der Waals surface area contributed by atoms with E-state index in [1.807, 2.05) is 35.2 Å². The Bertz CT molecular complexity index is 901. The molecule has 0 saturated carbocycles. The number of aromatic nitrogens is 1. The predicted octanol–water partition coefficient (Wildman–Crippen LogP) is 4.52. The highest BCUT2D eigenvalue weighted by atomic mass is 19.4. The van der Waals surface area contributed by atoms with Crippen molar-refractivity contribution < 1.29 is 22.7 Å². The number of alkyl halides is 3. The molecule has 2 aliphatic rings. The molecule has 5 nitrogen and oxygen atoms in total. The fourth-order valence-electron chi connectivity index (χ4n) is 4.57. The molecule has 2 unspecified atom stereocenters. The molecular formula is C24H28F3N3O2. The molecule has 0 bridgehead atoms. The van der Waals surface area contributed by atoms with Gasteiger partial charge in [0.05, 0.1) is 17.6 Å². The smallest absolute Gasteiger partial charge is 0.376 e. The Morgan fingerprint density at radius 2 is 1.94 bits per heavy atom. The van der Waals surface area contributed by atoms with Crippen molar-refractivity contribution in [2.75, 3.05) is 31.1 Å². The second-order valence-corrected chi connectivity index (χ2v) is 8.50. The molecule has 2 aliphatic heterocycles. The summed E-state index contributed by atoms with van der Waals surface area (Å²) in [5, 5.41) is 0. The number of hydrogen-bond acceptors (Lipinski definition) is 4. The lowest BCUT2D eigenvalue weighted by atomic mass is 9.95. The zero-order chi connectivity index (χ0) is 22.6. The van der Waals surface area contributed by atoms with Crippen LogP contribution in [-0.4, -0.2) is 48.1 Å². The quantitative estimate of drug-likeness (QED) is 0.653. The number of carbonyl (C=O) groups is 1. The fraction of sp³-hybridized carbons (Fsp3) is 0.500. The molecule has 1 aromatic carbocycles. The van der Waals surface area contributed by atoms with Crippen LogP contribution in [0.4, 0.5) is 19.0 Å². The molecule has 172 valence electrons. The van der Waals surface area contributed by atoms with Gasteiger partial charge in [0, 0.05) is 39.0 Å². The summed E-state index contributed by atoms with van der Waals surface area (Å²) in [5.41, 5.74) is 0.268. The van der Waals surface area contributed by atoms with E-state index in [1.54, 1.807) is 4.90 Å². The Labute approximate surface area is 186 Å². The average Bonchev–Trinajstić information content (AvgIpc) is 3.32. The minimum Gasteiger partial charge on any atom is -0.376 e. The van der Waals surface area contributed by atoms with E-state index >= 15 is 0 Å². The number of halogens is 3. The predicted molar refractivity (Wildman–Crippen MR) is 115 cm³/mol. The van der Waals surface area contributed by atoms with Crippen LogP contribution in [-0.2, 0) is 22.3 Å². The van der Waals surface area contributed by atoms with Crippen molar-refractivity contribution >= 4 is 11.7 Å². The first-order valence-corrected chi connectivity index (χ1v) is 11.1. The molecule has 32 heavy (non-hydrogen) atoms. The molecule has 0 N–H and O–H groups in total. The highest BCUT2D eigenvalue weighted by Crippen LogP contribution is 2.36. The lowest BCUT2D eigenvalue weighted by Crippen LogP contribution is -2.47. The highest BCUT2D eigenvalue weighted by molar-refractivity contribution is 5.80. The monoisotopic (exact) mass is 447 g/mol. The Kier molecular flexibility index (Phi) is 6.98. The zero-order valence-electron chi connectivity index (χ0n) is 17.9. The van der Waals surface area contributed by atoms with Gasteiger partial charge < -0.3 is 14.5 Å². The summed E-state index contributed by atoms with van der Waals surface area (Å²) in [6.07, 6.45) is 0.0846. The van der Waals surface area contributed by atoms with Gasteiger partial charge in [-0.05, 0) is 43.4 Å². The molecule has 2 atom stereocenters. The summed E-state index contributed by atoms with van der Waals surface area (Å²) in [6, 6.07) is 12.1. The fourth-order valence-corrected chi connectivity index (χ4v) is 4.57. The van der Waals surface area contributed by atoms with Gasteiger partial charge in [-0.15, -0.1) is 0 Å². The van der Waals surface area contributed by atoms with Gasteiger partial charge in [0.15, 0.2) is 0 Å². The third-order valence-corrected chi connectivity index (χ3v) is 6.14. The molecule has 2 aromatic rings. The number of pyridine rings is 1. The van der Waals surface area contributed by atoms with E-state index in [0.717, 1.165) is 24.5 Å². The van der Waals surface area contributed by atoms with Gasteiger partial charge in [0.2, 0.25) is 5.91 Å². The topological polar surface area (TPSA) is 45.7 Å². The third-order valence-electron chi connectivity index (χ3n) is 6.14. The maximum Gasteiger partial charge on any atom is 0.419 e. The van der Waals surface area contributed by atoms with E-state index in [1.165, 1.54) is 12.3 Å². The molecule has 8 heteroatoms. The van der Waals surface area contributed by atoms with Crippen molar-refractivity contribution in [1.82, 2.24) is 9.88 Å². The van der Waals surface area contributed by atoms with Gasteiger partial charge in [0.25, 0.3) is 0 Å². The van der Waals surface area contributed by atoms with Crippen molar-refractivity contribution in [2.45, 2.75) is 44.5 Å². The number of anilines is 1. The van der Waals surface area contributed by atoms with E-state index in [0.29, 0.717) is 39.1 Å². The summed E-state index contributed by atoms with van der Waals surface area (Å²) in [4.78, 5) is 21.0. The van der Waals surface area contributed by atoms with Crippen LogP contribution >= 0.6 is 0 Å². The number of carbonyl (C=O) groups excluding carboxylic acids is 1. The second-order valence-electron chi connectivity index (χ2n) is 8.50. The Morgan fingerprint density at radius 3 is 2.66 bits per heavy atom. The van der Waals surface area contributed by atoms with Gasteiger partial charge in [-0.25, -0.2) is 4.98 Å². The molecule has 3 heterocycles. The highest BCUT2D eigenvalue weighted by Gasteiger charge is 2.38. The zero-order valence-corrected chi connectivity index (χ0v) is 17.9. The lowest BCUT2D eigenvalue weighted by molar-refractivity contribution is -0.138. The number of nitrogens with zero attached hydrogens (tertiary/aromatic N) is 3. The molecule has 0 aliphatic carbocycles. The number of benzene rings is 1. The Morgan fingerprint density at radius 1 is 1.12 bits per heavy atom. The molecule has 1 aromatic heterocycles. The van der Waals surface area contributed by atoms with Crippen molar-refractivity contribution in [3.63, 3.8) is 0 Å². The number of hydrogen-bond donors (Lipinski definition) is 0. The van der Waals surface area contributed by atoms with Gasteiger partial charge in [-0.3, -0.25) is 4.79 Å². The van der Waals surface area contributed by atoms with Crippen LogP contribution in [0.15, 0.2) is 48.7 Å². The maximum atomic E-state index is 13.6. The van der Waals surface area contributed by atoms with Gasteiger partial charge >= 0.3 is 6.18 Å². The van der Waals surface area contributed by atoms with Crippen LogP contribution in [0.25, 0.3) is 0 Å². The SMILES string of the molecule is O=C(C1CCCN(c2ncccc2C(F)(F)F)C1)N(Cc1ccccc1)CC1CCCO1. The van der Waals surface area contributed by atoms with Crippen molar-refractivity contribution in [2.24, 2.45) is 5.92 Å². The van der Waals surface area contributed by atoms with Crippen LogP contribution < -0.4 is 4.90 Å². The maximum absolute atomic E-state index is 13.6. The minimum absolute atomic E-state index is 0.00924. The Hall–Kier alpha value is -2.61. The summed E-state index contributed by atoms with van der Waals surface area (Å²) in [5.74, 6) is -0.498. The molecule has 0 spiro atoms. The van der Waals surface area contributed by atoms with Gasteiger partial charge in [-0.1, -0.05) is 30.3 Å². The van der Waals surface area contributed by atoms with E-state index in [-0.39, 0.29) is 30.3 Å².